The van der Waals surface area contributed by atoms with Gasteiger partial charge in [0, 0.05) is 24.6 Å². The molecule has 0 bridgehead atoms. The maximum absolute atomic E-state index is 12.9. The fraction of sp³-hybridized carbons (Fsp3) is 0.429. The van der Waals surface area contributed by atoms with Crippen molar-refractivity contribution in [1.82, 2.24) is 0 Å². The summed E-state index contributed by atoms with van der Waals surface area (Å²) in [5, 5.41) is 0. The van der Waals surface area contributed by atoms with Gasteiger partial charge in [0.15, 0.2) is 0 Å². The zero-order valence-corrected chi connectivity index (χ0v) is 10.6. The summed E-state index contributed by atoms with van der Waals surface area (Å²) in [6, 6.07) is 5.71. The van der Waals surface area contributed by atoms with Crippen molar-refractivity contribution < 1.29 is 14.0 Å². The van der Waals surface area contributed by atoms with Crippen molar-refractivity contribution in [3.05, 3.63) is 30.1 Å². The molecule has 2 amide bonds. The third-order valence-electron chi connectivity index (χ3n) is 3.44. The largest absolute Gasteiger partial charge is 0.370 e. The summed E-state index contributed by atoms with van der Waals surface area (Å²) in [6.45, 7) is 0.246. The second-order valence-corrected chi connectivity index (χ2v) is 4.81. The molecular formula is C14H17FN2O2. The number of hydrogen-bond acceptors (Lipinski definition) is 2. The Hall–Kier alpha value is -1.91. The molecule has 1 aromatic rings. The van der Waals surface area contributed by atoms with Gasteiger partial charge in [-0.2, -0.15) is 0 Å². The number of carbonyl (C=O) groups excluding carboxylic acids is 2. The average Bonchev–Trinajstić information content (AvgIpc) is 2.29. The van der Waals surface area contributed by atoms with Crippen LogP contribution in [0.5, 0.6) is 0 Å². The van der Waals surface area contributed by atoms with Gasteiger partial charge in [0.05, 0.1) is 0 Å². The summed E-state index contributed by atoms with van der Waals surface area (Å²) >= 11 is 0. The Bertz CT molecular complexity index is 469. The molecule has 0 saturated heterocycles. The van der Waals surface area contributed by atoms with E-state index in [-0.39, 0.29) is 30.6 Å². The van der Waals surface area contributed by atoms with E-state index in [2.05, 4.69) is 0 Å². The highest BCUT2D eigenvalue weighted by atomic mass is 19.1. The predicted molar refractivity (Wildman–Crippen MR) is 69.9 cm³/mol. The zero-order valence-electron chi connectivity index (χ0n) is 10.6. The second kappa shape index (κ2) is 5.82. The van der Waals surface area contributed by atoms with Gasteiger partial charge in [-0.3, -0.25) is 9.59 Å². The Balaban J connectivity index is 2.14. The van der Waals surface area contributed by atoms with Crippen LogP contribution in [0.15, 0.2) is 24.3 Å². The van der Waals surface area contributed by atoms with Gasteiger partial charge < -0.3 is 10.6 Å². The summed E-state index contributed by atoms with van der Waals surface area (Å²) in [5.74, 6) is -0.778. The Labute approximate surface area is 111 Å². The minimum absolute atomic E-state index is 0.000826. The van der Waals surface area contributed by atoms with Crippen LogP contribution in [0.1, 0.15) is 25.7 Å². The van der Waals surface area contributed by atoms with Crippen molar-refractivity contribution in [2.45, 2.75) is 25.7 Å². The Morgan fingerprint density at radius 1 is 1.26 bits per heavy atom. The predicted octanol–water partition coefficient (Wildman–Crippen LogP) is 1.83. The van der Waals surface area contributed by atoms with Crippen LogP contribution in [0.3, 0.4) is 0 Å². The van der Waals surface area contributed by atoms with Gasteiger partial charge in [-0.15, -0.1) is 0 Å². The molecule has 102 valence electrons. The lowest BCUT2D eigenvalue weighted by Crippen LogP contribution is -2.40. The molecule has 1 aliphatic rings. The molecule has 2 rings (SSSR count). The first-order chi connectivity index (χ1) is 9.08. The van der Waals surface area contributed by atoms with Crippen LogP contribution >= 0.6 is 0 Å². The highest BCUT2D eigenvalue weighted by Crippen LogP contribution is 2.30. The molecule has 0 heterocycles. The first kappa shape index (κ1) is 13.5. The number of carbonyl (C=O) groups is 2. The summed E-state index contributed by atoms with van der Waals surface area (Å²) in [5.41, 5.74) is 5.74. The van der Waals surface area contributed by atoms with E-state index in [1.54, 1.807) is 12.1 Å². The molecule has 1 aliphatic carbocycles. The minimum Gasteiger partial charge on any atom is -0.370 e. The van der Waals surface area contributed by atoms with Crippen molar-refractivity contribution in [3.8, 4) is 0 Å². The third-order valence-corrected chi connectivity index (χ3v) is 3.44. The van der Waals surface area contributed by atoms with Crippen molar-refractivity contribution in [3.63, 3.8) is 0 Å². The second-order valence-electron chi connectivity index (χ2n) is 4.81. The van der Waals surface area contributed by atoms with Crippen LogP contribution in [0, 0.1) is 11.7 Å². The molecular weight excluding hydrogens is 247 g/mol. The summed E-state index contributed by atoms with van der Waals surface area (Å²) < 4.78 is 12.9. The quantitative estimate of drug-likeness (QED) is 0.881. The number of amides is 2. The number of halogens is 1. The molecule has 0 unspecified atom stereocenters. The molecule has 0 atom stereocenters. The van der Waals surface area contributed by atoms with E-state index in [0.29, 0.717) is 5.69 Å². The lowest BCUT2D eigenvalue weighted by atomic mass is 9.84. The lowest BCUT2D eigenvalue weighted by Gasteiger charge is -2.31. The van der Waals surface area contributed by atoms with Gasteiger partial charge in [0.1, 0.15) is 5.82 Å². The highest BCUT2D eigenvalue weighted by Gasteiger charge is 2.30. The Morgan fingerprint density at radius 3 is 2.37 bits per heavy atom. The van der Waals surface area contributed by atoms with Gasteiger partial charge in [-0.1, -0.05) is 6.42 Å². The number of rotatable bonds is 5. The molecule has 5 heteroatoms. The topological polar surface area (TPSA) is 63.4 Å². The molecule has 0 radical (unpaired) electrons. The van der Waals surface area contributed by atoms with E-state index in [1.165, 1.54) is 17.0 Å². The van der Waals surface area contributed by atoms with E-state index < -0.39 is 5.91 Å². The lowest BCUT2D eigenvalue weighted by molar-refractivity contribution is -0.124. The number of nitrogens with zero attached hydrogens (tertiary/aromatic N) is 1. The Kier molecular flexibility index (Phi) is 4.14. The van der Waals surface area contributed by atoms with E-state index in [0.717, 1.165) is 19.3 Å². The molecule has 0 spiro atoms. The minimum atomic E-state index is -0.450. The number of benzene rings is 1. The summed E-state index contributed by atoms with van der Waals surface area (Å²) in [7, 11) is 0. The van der Waals surface area contributed by atoms with Crippen molar-refractivity contribution in [2.75, 3.05) is 11.4 Å². The molecule has 2 N–H and O–H groups in total. The maximum Gasteiger partial charge on any atom is 0.230 e. The number of nitrogens with two attached hydrogens (primary N) is 1. The van der Waals surface area contributed by atoms with Crippen molar-refractivity contribution in [2.24, 2.45) is 11.7 Å². The molecule has 0 aliphatic heterocycles. The monoisotopic (exact) mass is 264 g/mol. The van der Waals surface area contributed by atoms with E-state index in [4.69, 9.17) is 5.73 Å². The van der Waals surface area contributed by atoms with Crippen molar-refractivity contribution in [1.29, 1.82) is 0 Å². The number of primary amides is 1. The van der Waals surface area contributed by atoms with Gasteiger partial charge in [-0.25, -0.2) is 4.39 Å². The van der Waals surface area contributed by atoms with E-state index in [1.807, 2.05) is 0 Å². The highest BCUT2D eigenvalue weighted by molar-refractivity contribution is 5.96. The van der Waals surface area contributed by atoms with Crippen LogP contribution in [0.25, 0.3) is 0 Å². The molecule has 1 saturated carbocycles. The fourth-order valence-electron chi connectivity index (χ4n) is 2.09. The number of hydrogen-bond donors (Lipinski definition) is 1. The van der Waals surface area contributed by atoms with E-state index in [9.17, 15) is 14.0 Å². The SMILES string of the molecule is NC(=O)CCN(C(=O)C1CCC1)c1ccc(F)cc1. The molecule has 4 nitrogen and oxygen atoms in total. The zero-order chi connectivity index (χ0) is 13.8. The molecule has 0 aromatic heterocycles. The van der Waals surface area contributed by atoms with E-state index >= 15 is 0 Å². The summed E-state index contributed by atoms with van der Waals surface area (Å²) in [4.78, 5) is 24.7. The Morgan fingerprint density at radius 2 is 1.89 bits per heavy atom. The van der Waals surface area contributed by atoms with Gasteiger partial charge in [0.25, 0.3) is 0 Å². The normalized spacial score (nSPS) is 14.8. The molecule has 1 aromatic carbocycles. The average molecular weight is 264 g/mol. The maximum atomic E-state index is 12.9. The molecule has 1 fully saturated rings. The first-order valence-electron chi connectivity index (χ1n) is 6.43. The standard InChI is InChI=1S/C14H17FN2O2/c15-11-4-6-12(7-5-11)17(9-8-13(16)18)14(19)10-2-1-3-10/h4-7,10H,1-3,8-9H2,(H2,16,18). The van der Waals surface area contributed by atoms with Gasteiger partial charge in [0.2, 0.25) is 11.8 Å². The van der Waals surface area contributed by atoms with Crippen molar-refractivity contribution >= 4 is 17.5 Å². The van der Waals surface area contributed by atoms with Gasteiger partial charge >= 0.3 is 0 Å². The van der Waals surface area contributed by atoms with Crippen LogP contribution in [0.2, 0.25) is 0 Å². The fourth-order valence-corrected chi connectivity index (χ4v) is 2.09. The number of anilines is 1. The van der Waals surface area contributed by atoms with Crippen LogP contribution < -0.4 is 10.6 Å². The van der Waals surface area contributed by atoms with Crippen LogP contribution in [0.4, 0.5) is 10.1 Å². The first-order valence-corrected chi connectivity index (χ1v) is 6.43. The summed E-state index contributed by atoms with van der Waals surface area (Å²) in [6.07, 6.45) is 2.93. The van der Waals surface area contributed by atoms with Crippen LogP contribution in [-0.4, -0.2) is 18.4 Å². The third kappa shape index (κ3) is 3.30. The molecule has 19 heavy (non-hydrogen) atoms. The van der Waals surface area contributed by atoms with Crippen LogP contribution in [-0.2, 0) is 9.59 Å². The van der Waals surface area contributed by atoms with Gasteiger partial charge in [-0.05, 0) is 37.1 Å². The smallest absolute Gasteiger partial charge is 0.230 e.